The molecular weight excluding hydrogens is 388 g/mol. The van der Waals surface area contributed by atoms with Gasteiger partial charge in [-0.05, 0) is 56.2 Å². The Kier molecular flexibility index (Phi) is 6.04. The van der Waals surface area contributed by atoms with Crippen molar-refractivity contribution in [1.29, 1.82) is 0 Å². The van der Waals surface area contributed by atoms with E-state index in [0.29, 0.717) is 42.5 Å². The third kappa shape index (κ3) is 4.43. The molecular formula is C19H21ClN2O4S. The summed E-state index contributed by atoms with van der Waals surface area (Å²) in [7, 11) is -3.77. The first kappa shape index (κ1) is 19.7. The molecule has 1 amide bonds. The molecule has 1 N–H and O–H groups in total. The van der Waals surface area contributed by atoms with Crippen molar-refractivity contribution in [3.05, 3.63) is 53.6 Å². The average Bonchev–Trinajstić information content (AvgIpc) is 3.13. The van der Waals surface area contributed by atoms with Gasteiger partial charge < -0.3 is 10.1 Å². The van der Waals surface area contributed by atoms with Crippen LogP contribution in [0.1, 0.15) is 19.8 Å². The van der Waals surface area contributed by atoms with Crippen LogP contribution in [0.2, 0.25) is 5.02 Å². The standard InChI is InChI=1S/C19H21ClN2O4S/c1-2-26-16-6-3-5-15(13-16)21-19(23)18-7-4-12-22(18)27(24,25)17-10-8-14(20)9-11-17/h3,5-6,8-11,13,18H,2,4,7,12H2,1H3,(H,21,23). The van der Waals surface area contributed by atoms with Crippen LogP contribution in [0.3, 0.4) is 0 Å². The molecule has 27 heavy (non-hydrogen) atoms. The Labute approximate surface area is 164 Å². The van der Waals surface area contributed by atoms with Gasteiger partial charge >= 0.3 is 0 Å². The van der Waals surface area contributed by atoms with Gasteiger partial charge in [-0.1, -0.05) is 17.7 Å². The summed E-state index contributed by atoms with van der Waals surface area (Å²) in [5.74, 6) is 0.297. The molecule has 1 unspecified atom stereocenters. The maximum atomic E-state index is 12.9. The number of hydrogen-bond donors (Lipinski definition) is 1. The summed E-state index contributed by atoms with van der Waals surface area (Å²) in [6.07, 6.45) is 1.10. The van der Waals surface area contributed by atoms with Crippen molar-refractivity contribution in [2.45, 2.75) is 30.7 Å². The molecule has 0 radical (unpaired) electrons. The summed E-state index contributed by atoms with van der Waals surface area (Å²) in [6, 6.07) is 12.2. The molecule has 0 aliphatic carbocycles. The zero-order valence-electron chi connectivity index (χ0n) is 14.9. The summed E-state index contributed by atoms with van der Waals surface area (Å²) in [4.78, 5) is 12.9. The minimum Gasteiger partial charge on any atom is -0.494 e. The quantitative estimate of drug-likeness (QED) is 0.793. The van der Waals surface area contributed by atoms with Crippen molar-refractivity contribution < 1.29 is 17.9 Å². The highest BCUT2D eigenvalue weighted by molar-refractivity contribution is 7.89. The van der Waals surface area contributed by atoms with Gasteiger partial charge in [0.1, 0.15) is 11.8 Å². The lowest BCUT2D eigenvalue weighted by Crippen LogP contribution is -2.43. The lowest BCUT2D eigenvalue weighted by atomic mass is 10.2. The van der Waals surface area contributed by atoms with E-state index in [0.717, 1.165) is 0 Å². The molecule has 1 atom stereocenters. The van der Waals surface area contributed by atoms with Gasteiger partial charge in [0.15, 0.2) is 0 Å². The summed E-state index contributed by atoms with van der Waals surface area (Å²) in [5.41, 5.74) is 0.571. The molecule has 0 saturated carbocycles. The summed E-state index contributed by atoms with van der Waals surface area (Å²) >= 11 is 5.84. The number of hydrogen-bond acceptors (Lipinski definition) is 4. The van der Waals surface area contributed by atoms with Crippen LogP contribution >= 0.6 is 11.6 Å². The first-order valence-corrected chi connectivity index (χ1v) is 10.5. The first-order valence-electron chi connectivity index (χ1n) is 8.73. The van der Waals surface area contributed by atoms with Crippen LogP contribution < -0.4 is 10.1 Å². The van der Waals surface area contributed by atoms with Crippen molar-refractivity contribution in [3.63, 3.8) is 0 Å². The van der Waals surface area contributed by atoms with Crippen molar-refractivity contribution in [3.8, 4) is 5.75 Å². The van der Waals surface area contributed by atoms with Gasteiger partial charge in [-0.15, -0.1) is 0 Å². The number of benzene rings is 2. The second-order valence-electron chi connectivity index (χ2n) is 6.18. The molecule has 1 aliphatic rings. The largest absolute Gasteiger partial charge is 0.494 e. The fourth-order valence-corrected chi connectivity index (χ4v) is 4.87. The molecule has 2 aromatic rings. The summed E-state index contributed by atoms with van der Waals surface area (Å²) in [5, 5.41) is 3.26. The van der Waals surface area contributed by atoms with E-state index >= 15 is 0 Å². The fourth-order valence-electron chi connectivity index (χ4n) is 3.09. The van der Waals surface area contributed by atoms with Crippen LogP contribution in [0.5, 0.6) is 5.75 Å². The minimum absolute atomic E-state index is 0.130. The van der Waals surface area contributed by atoms with Crippen molar-refractivity contribution in [1.82, 2.24) is 4.31 Å². The Hall–Kier alpha value is -2.09. The maximum Gasteiger partial charge on any atom is 0.243 e. The van der Waals surface area contributed by atoms with Crippen LogP contribution in [0.15, 0.2) is 53.4 Å². The van der Waals surface area contributed by atoms with Gasteiger partial charge in [-0.25, -0.2) is 8.42 Å². The van der Waals surface area contributed by atoms with E-state index in [1.165, 1.54) is 28.6 Å². The van der Waals surface area contributed by atoms with Crippen LogP contribution in [-0.2, 0) is 14.8 Å². The van der Waals surface area contributed by atoms with Crippen molar-refractivity contribution in [2.24, 2.45) is 0 Å². The summed E-state index contributed by atoms with van der Waals surface area (Å²) in [6.45, 7) is 2.71. The Bertz CT molecular complexity index is 916. The maximum absolute atomic E-state index is 12.9. The van der Waals surface area contributed by atoms with Crippen LogP contribution in [0, 0.1) is 0 Å². The minimum atomic E-state index is -3.77. The van der Waals surface area contributed by atoms with Gasteiger partial charge in [0.25, 0.3) is 0 Å². The fraction of sp³-hybridized carbons (Fsp3) is 0.316. The SMILES string of the molecule is CCOc1cccc(NC(=O)C2CCCN2S(=O)(=O)c2ccc(Cl)cc2)c1. The third-order valence-corrected chi connectivity index (χ3v) is 6.51. The molecule has 6 nitrogen and oxygen atoms in total. The molecule has 0 bridgehead atoms. The Balaban J connectivity index is 1.78. The second-order valence-corrected chi connectivity index (χ2v) is 8.50. The lowest BCUT2D eigenvalue weighted by molar-refractivity contribution is -0.119. The molecule has 1 saturated heterocycles. The lowest BCUT2D eigenvalue weighted by Gasteiger charge is -2.23. The van der Waals surface area contributed by atoms with Crippen LogP contribution in [0.4, 0.5) is 5.69 Å². The second kappa shape index (κ2) is 8.29. The van der Waals surface area contributed by atoms with E-state index in [4.69, 9.17) is 16.3 Å². The van der Waals surface area contributed by atoms with E-state index in [9.17, 15) is 13.2 Å². The predicted molar refractivity (Wildman–Crippen MR) is 105 cm³/mol. The molecule has 1 aliphatic heterocycles. The number of amides is 1. The summed E-state index contributed by atoms with van der Waals surface area (Å²) < 4.78 is 32.6. The zero-order chi connectivity index (χ0) is 19.4. The van der Waals surface area contributed by atoms with E-state index < -0.39 is 16.1 Å². The Morgan fingerprint density at radius 2 is 2.00 bits per heavy atom. The molecule has 0 aromatic heterocycles. The van der Waals surface area contributed by atoms with Gasteiger partial charge in [-0.2, -0.15) is 4.31 Å². The molecule has 0 spiro atoms. The first-order chi connectivity index (χ1) is 12.9. The van der Waals surface area contributed by atoms with Crippen molar-refractivity contribution in [2.75, 3.05) is 18.5 Å². The smallest absolute Gasteiger partial charge is 0.243 e. The normalized spacial score (nSPS) is 17.6. The van der Waals surface area contributed by atoms with Crippen LogP contribution in [0.25, 0.3) is 0 Å². The molecule has 3 rings (SSSR count). The van der Waals surface area contributed by atoms with E-state index in [2.05, 4.69) is 5.32 Å². The predicted octanol–water partition coefficient (Wildman–Crippen LogP) is 3.53. The Morgan fingerprint density at radius 3 is 2.70 bits per heavy atom. The number of halogens is 1. The van der Waals surface area contributed by atoms with Gasteiger partial charge in [0.2, 0.25) is 15.9 Å². The number of rotatable bonds is 6. The van der Waals surface area contributed by atoms with Crippen LogP contribution in [-0.4, -0.2) is 37.8 Å². The van der Waals surface area contributed by atoms with Gasteiger partial charge in [-0.3, -0.25) is 4.79 Å². The number of nitrogens with zero attached hydrogens (tertiary/aromatic N) is 1. The molecule has 2 aromatic carbocycles. The Morgan fingerprint density at radius 1 is 1.26 bits per heavy atom. The van der Waals surface area contributed by atoms with Gasteiger partial charge in [0, 0.05) is 23.3 Å². The van der Waals surface area contributed by atoms with E-state index in [1.807, 2.05) is 6.92 Å². The monoisotopic (exact) mass is 408 g/mol. The topological polar surface area (TPSA) is 75.7 Å². The number of ether oxygens (including phenoxy) is 1. The van der Waals surface area contributed by atoms with Gasteiger partial charge in [0.05, 0.1) is 11.5 Å². The van der Waals surface area contributed by atoms with Crippen molar-refractivity contribution >= 4 is 33.2 Å². The molecule has 1 fully saturated rings. The number of anilines is 1. The highest BCUT2D eigenvalue weighted by atomic mass is 35.5. The molecule has 1 heterocycles. The number of nitrogens with one attached hydrogen (secondary N) is 1. The average molecular weight is 409 g/mol. The highest BCUT2D eigenvalue weighted by Crippen LogP contribution is 2.28. The molecule has 144 valence electrons. The molecule has 8 heteroatoms. The third-order valence-electron chi connectivity index (χ3n) is 4.34. The number of sulfonamides is 1. The van der Waals surface area contributed by atoms with E-state index in [1.54, 1.807) is 24.3 Å². The number of carbonyl (C=O) groups is 1. The zero-order valence-corrected chi connectivity index (χ0v) is 16.5. The highest BCUT2D eigenvalue weighted by Gasteiger charge is 2.39. The number of carbonyl (C=O) groups excluding carboxylic acids is 1. The van der Waals surface area contributed by atoms with E-state index in [-0.39, 0.29) is 10.8 Å².